The van der Waals surface area contributed by atoms with Crippen LogP contribution in [0.3, 0.4) is 0 Å². The molecule has 1 N–H and O–H groups in total. The molecule has 4 rings (SSSR count). The van der Waals surface area contributed by atoms with E-state index in [1.165, 1.54) is 0 Å². The molecule has 4 aromatic rings. The number of imidazole rings is 1. The van der Waals surface area contributed by atoms with Gasteiger partial charge in [-0.25, -0.2) is 4.98 Å². The number of benzene rings is 2. The molecule has 0 saturated heterocycles. The Morgan fingerprint density at radius 3 is 2.58 bits per heavy atom. The topological polar surface area (TPSA) is 64.9 Å². The number of methoxy groups -OCH3 is 1. The van der Waals surface area contributed by atoms with E-state index in [0.717, 1.165) is 16.9 Å². The monoisotopic (exact) mass is 435 g/mol. The standard InChI is InChI=1S/C24H22ClN3O3/c1-24(2,31-18-10-8-17(25)9-11-18)23(29)27-19-14-16(7-12-21(19)30-3)20-15-28-13-5-4-6-22(28)26-20/h4-15H,1-3H3,(H,27,29). The average Bonchev–Trinajstić information content (AvgIpc) is 3.19. The minimum Gasteiger partial charge on any atom is -0.495 e. The van der Waals surface area contributed by atoms with E-state index in [1.807, 2.05) is 53.2 Å². The summed E-state index contributed by atoms with van der Waals surface area (Å²) in [5.41, 5.74) is 1.90. The predicted molar refractivity (Wildman–Crippen MR) is 122 cm³/mol. The van der Waals surface area contributed by atoms with Gasteiger partial charge in [0, 0.05) is 23.0 Å². The number of carbonyl (C=O) groups excluding carboxylic acids is 1. The lowest BCUT2D eigenvalue weighted by atomic mass is 10.1. The Balaban J connectivity index is 1.59. The fourth-order valence-corrected chi connectivity index (χ4v) is 3.28. The molecular weight excluding hydrogens is 414 g/mol. The molecule has 0 aliphatic heterocycles. The van der Waals surface area contributed by atoms with Crippen LogP contribution in [-0.4, -0.2) is 28.0 Å². The van der Waals surface area contributed by atoms with Gasteiger partial charge in [0.25, 0.3) is 5.91 Å². The molecule has 0 spiro atoms. The van der Waals surface area contributed by atoms with Crippen molar-refractivity contribution in [2.45, 2.75) is 19.4 Å². The highest BCUT2D eigenvalue weighted by Crippen LogP contribution is 2.31. The van der Waals surface area contributed by atoms with E-state index in [0.29, 0.717) is 22.2 Å². The number of amides is 1. The summed E-state index contributed by atoms with van der Waals surface area (Å²) in [6.07, 6.45) is 3.88. The number of pyridine rings is 1. The van der Waals surface area contributed by atoms with Gasteiger partial charge < -0.3 is 19.2 Å². The van der Waals surface area contributed by atoms with Crippen molar-refractivity contribution in [1.29, 1.82) is 0 Å². The zero-order valence-electron chi connectivity index (χ0n) is 17.4. The fraction of sp³-hybridized carbons (Fsp3) is 0.167. The fourth-order valence-electron chi connectivity index (χ4n) is 3.16. The number of ether oxygens (including phenoxy) is 2. The Bertz CT molecular complexity index is 1200. The van der Waals surface area contributed by atoms with Gasteiger partial charge in [0.2, 0.25) is 0 Å². The highest BCUT2D eigenvalue weighted by Gasteiger charge is 2.31. The van der Waals surface area contributed by atoms with Crippen molar-refractivity contribution in [3.05, 3.63) is 78.1 Å². The van der Waals surface area contributed by atoms with E-state index in [4.69, 9.17) is 21.1 Å². The summed E-state index contributed by atoms with van der Waals surface area (Å²) >= 11 is 5.92. The largest absolute Gasteiger partial charge is 0.495 e. The summed E-state index contributed by atoms with van der Waals surface area (Å²) in [6.45, 7) is 3.41. The minimum atomic E-state index is -1.13. The van der Waals surface area contributed by atoms with Crippen LogP contribution in [0.25, 0.3) is 16.9 Å². The van der Waals surface area contributed by atoms with E-state index in [9.17, 15) is 4.79 Å². The first kappa shape index (κ1) is 20.8. The van der Waals surface area contributed by atoms with Gasteiger partial charge in [0.15, 0.2) is 5.60 Å². The van der Waals surface area contributed by atoms with Crippen LogP contribution in [0, 0.1) is 0 Å². The first-order chi connectivity index (χ1) is 14.9. The van der Waals surface area contributed by atoms with Crippen LogP contribution in [0.2, 0.25) is 5.02 Å². The summed E-state index contributed by atoms with van der Waals surface area (Å²) in [5.74, 6) is 0.783. The van der Waals surface area contributed by atoms with E-state index < -0.39 is 5.60 Å². The van der Waals surface area contributed by atoms with Gasteiger partial charge in [0.05, 0.1) is 18.5 Å². The minimum absolute atomic E-state index is 0.312. The second-order valence-corrected chi connectivity index (χ2v) is 7.96. The summed E-state index contributed by atoms with van der Waals surface area (Å²) in [4.78, 5) is 17.7. The number of hydrogen-bond acceptors (Lipinski definition) is 4. The molecule has 0 bridgehead atoms. The smallest absolute Gasteiger partial charge is 0.268 e. The molecule has 0 aliphatic rings. The van der Waals surface area contributed by atoms with Crippen LogP contribution in [0.1, 0.15) is 13.8 Å². The summed E-state index contributed by atoms with van der Waals surface area (Å²) in [7, 11) is 1.56. The number of hydrogen-bond donors (Lipinski definition) is 1. The number of anilines is 1. The second-order valence-electron chi connectivity index (χ2n) is 7.53. The Morgan fingerprint density at radius 1 is 1.10 bits per heavy atom. The maximum Gasteiger partial charge on any atom is 0.268 e. The van der Waals surface area contributed by atoms with E-state index in [1.54, 1.807) is 45.2 Å². The third-order valence-electron chi connectivity index (χ3n) is 4.84. The van der Waals surface area contributed by atoms with Crippen molar-refractivity contribution >= 4 is 28.8 Å². The quantitative estimate of drug-likeness (QED) is 0.436. The van der Waals surface area contributed by atoms with Crippen molar-refractivity contribution < 1.29 is 14.3 Å². The number of nitrogens with one attached hydrogen (secondary N) is 1. The van der Waals surface area contributed by atoms with Crippen molar-refractivity contribution in [3.63, 3.8) is 0 Å². The molecular formula is C24H22ClN3O3. The first-order valence-electron chi connectivity index (χ1n) is 9.74. The molecule has 2 aromatic carbocycles. The molecule has 2 aromatic heterocycles. The van der Waals surface area contributed by atoms with Gasteiger partial charge in [-0.2, -0.15) is 0 Å². The highest BCUT2D eigenvalue weighted by atomic mass is 35.5. The lowest BCUT2D eigenvalue weighted by Gasteiger charge is -2.26. The van der Waals surface area contributed by atoms with E-state index in [-0.39, 0.29) is 5.91 Å². The molecule has 1 amide bonds. The molecule has 6 nitrogen and oxygen atoms in total. The third kappa shape index (κ3) is 4.49. The first-order valence-corrected chi connectivity index (χ1v) is 10.1. The number of rotatable bonds is 6. The normalized spacial score (nSPS) is 11.4. The van der Waals surface area contributed by atoms with Gasteiger partial charge in [-0.1, -0.05) is 17.7 Å². The molecule has 0 atom stereocenters. The molecule has 2 heterocycles. The lowest BCUT2D eigenvalue weighted by Crippen LogP contribution is -2.42. The zero-order chi connectivity index (χ0) is 22.0. The van der Waals surface area contributed by atoms with Crippen LogP contribution in [0.4, 0.5) is 5.69 Å². The van der Waals surface area contributed by atoms with Crippen LogP contribution in [0.15, 0.2) is 73.1 Å². The van der Waals surface area contributed by atoms with Crippen molar-refractivity contribution in [2.75, 3.05) is 12.4 Å². The average molecular weight is 436 g/mol. The predicted octanol–water partition coefficient (Wildman–Crippen LogP) is 5.46. The van der Waals surface area contributed by atoms with Crippen molar-refractivity contribution in [3.8, 4) is 22.8 Å². The number of fused-ring (bicyclic) bond motifs is 1. The molecule has 7 heteroatoms. The highest BCUT2D eigenvalue weighted by molar-refractivity contribution is 6.30. The maximum absolute atomic E-state index is 13.0. The van der Waals surface area contributed by atoms with Crippen LogP contribution in [-0.2, 0) is 4.79 Å². The number of nitrogens with zero attached hydrogens (tertiary/aromatic N) is 2. The maximum atomic E-state index is 13.0. The number of aromatic nitrogens is 2. The van der Waals surface area contributed by atoms with Crippen molar-refractivity contribution in [1.82, 2.24) is 9.38 Å². The second kappa shape index (κ2) is 8.32. The molecule has 0 saturated carbocycles. The summed E-state index contributed by atoms with van der Waals surface area (Å²) in [6, 6.07) is 18.3. The van der Waals surface area contributed by atoms with Crippen molar-refractivity contribution in [2.24, 2.45) is 0 Å². The molecule has 0 unspecified atom stereocenters. The Kier molecular flexibility index (Phi) is 5.57. The van der Waals surface area contributed by atoms with Gasteiger partial charge >= 0.3 is 0 Å². The van der Waals surface area contributed by atoms with Gasteiger partial charge in [-0.3, -0.25) is 4.79 Å². The summed E-state index contributed by atoms with van der Waals surface area (Å²) in [5, 5.41) is 3.53. The SMILES string of the molecule is COc1ccc(-c2cn3ccccc3n2)cc1NC(=O)C(C)(C)Oc1ccc(Cl)cc1. The lowest BCUT2D eigenvalue weighted by molar-refractivity contribution is -0.128. The Morgan fingerprint density at radius 2 is 1.87 bits per heavy atom. The van der Waals surface area contributed by atoms with E-state index in [2.05, 4.69) is 10.3 Å². The molecule has 158 valence electrons. The Hall–Kier alpha value is -3.51. The van der Waals surface area contributed by atoms with Crippen LogP contribution in [0.5, 0.6) is 11.5 Å². The van der Waals surface area contributed by atoms with E-state index >= 15 is 0 Å². The summed E-state index contributed by atoms with van der Waals surface area (Å²) < 4.78 is 13.3. The molecule has 0 radical (unpaired) electrons. The molecule has 31 heavy (non-hydrogen) atoms. The van der Waals surface area contributed by atoms with Crippen LogP contribution >= 0.6 is 11.6 Å². The Labute approximate surface area is 185 Å². The van der Waals surface area contributed by atoms with Crippen LogP contribution < -0.4 is 14.8 Å². The third-order valence-corrected chi connectivity index (χ3v) is 5.09. The number of carbonyl (C=O) groups is 1. The van der Waals surface area contributed by atoms with Gasteiger partial charge in [-0.05, 0) is 68.4 Å². The zero-order valence-corrected chi connectivity index (χ0v) is 18.2. The van der Waals surface area contributed by atoms with Gasteiger partial charge in [0.1, 0.15) is 17.1 Å². The number of halogens is 1. The molecule has 0 aliphatic carbocycles. The van der Waals surface area contributed by atoms with Gasteiger partial charge in [-0.15, -0.1) is 0 Å². The molecule has 0 fully saturated rings.